The minimum Gasteiger partial charge on any atom is -0.496 e. The molecule has 12 heteroatoms. The quantitative estimate of drug-likeness (QED) is 0.329. The van der Waals surface area contributed by atoms with Crippen LogP contribution in [-0.4, -0.2) is 71.0 Å². The number of likely N-dealkylation sites (N-methyl/N-ethyl adjacent to an activating group) is 1. The molecule has 0 spiro atoms. The van der Waals surface area contributed by atoms with Crippen molar-refractivity contribution in [3.05, 3.63) is 71.2 Å². The first-order valence-corrected chi connectivity index (χ1v) is 12.7. The molecule has 2 aromatic heterocycles. The second-order valence-corrected chi connectivity index (χ2v) is 9.70. The summed E-state index contributed by atoms with van der Waals surface area (Å²) in [5.74, 6) is 0.681. The van der Waals surface area contributed by atoms with Gasteiger partial charge in [-0.2, -0.15) is 13.2 Å². The molecule has 0 saturated carbocycles. The number of benzene rings is 2. The van der Waals surface area contributed by atoms with Crippen LogP contribution in [-0.2, 0) is 12.6 Å². The highest BCUT2D eigenvalue weighted by molar-refractivity contribution is 6.00. The number of aromatic nitrogens is 4. The number of nitrogens with zero attached hydrogens (tertiary/aromatic N) is 6. The number of alkyl halides is 3. The molecule has 4 aromatic rings. The fraction of sp³-hybridized carbons (Fsp3) is 0.321. The summed E-state index contributed by atoms with van der Waals surface area (Å²) in [6.07, 6.45) is -1.59. The highest BCUT2D eigenvalue weighted by atomic mass is 19.4. The van der Waals surface area contributed by atoms with Gasteiger partial charge in [0, 0.05) is 38.3 Å². The molecule has 5 rings (SSSR count). The second kappa shape index (κ2) is 11.0. The Hall–Kier alpha value is -4.32. The molecule has 9 nitrogen and oxygen atoms in total. The number of methoxy groups -OCH3 is 1. The summed E-state index contributed by atoms with van der Waals surface area (Å²) in [7, 11) is 3.40. The predicted octanol–water partition coefficient (Wildman–Crippen LogP) is 4.68. The Bertz CT molecular complexity index is 1550. The summed E-state index contributed by atoms with van der Waals surface area (Å²) in [5, 5.41) is 3.30. The van der Waals surface area contributed by atoms with Gasteiger partial charge in [0.05, 0.1) is 24.4 Å². The Kier molecular flexibility index (Phi) is 7.53. The van der Waals surface area contributed by atoms with E-state index in [0.717, 1.165) is 49.9 Å². The molecule has 40 heavy (non-hydrogen) atoms. The number of anilines is 3. The molecule has 2 aromatic carbocycles. The Balaban J connectivity index is 1.41. The third-order valence-corrected chi connectivity index (χ3v) is 6.90. The summed E-state index contributed by atoms with van der Waals surface area (Å²) in [4.78, 5) is 35.4. The Morgan fingerprint density at radius 3 is 2.55 bits per heavy atom. The molecule has 1 saturated heterocycles. The smallest absolute Gasteiger partial charge is 0.416 e. The number of halogens is 3. The van der Waals surface area contributed by atoms with Crippen molar-refractivity contribution in [2.75, 3.05) is 50.6 Å². The van der Waals surface area contributed by atoms with Crippen LogP contribution in [0.1, 0.15) is 27.0 Å². The maximum atomic E-state index is 13.3. The van der Waals surface area contributed by atoms with Crippen molar-refractivity contribution in [2.24, 2.45) is 0 Å². The molecule has 0 unspecified atom stereocenters. The van der Waals surface area contributed by atoms with Crippen molar-refractivity contribution in [2.45, 2.75) is 19.5 Å². The van der Waals surface area contributed by atoms with Crippen molar-refractivity contribution in [3.8, 4) is 5.75 Å². The van der Waals surface area contributed by atoms with Crippen LogP contribution in [0.5, 0.6) is 5.75 Å². The first-order chi connectivity index (χ1) is 19.1. The molecule has 3 heterocycles. The third kappa shape index (κ3) is 5.81. The molecule has 1 aliphatic heterocycles. The largest absolute Gasteiger partial charge is 0.496 e. The highest BCUT2D eigenvalue weighted by Gasteiger charge is 2.32. The molecule has 0 atom stereocenters. The average Bonchev–Trinajstić information content (AvgIpc) is 2.94. The molecule has 0 aliphatic carbocycles. The number of fused-ring (bicyclic) bond motifs is 1. The summed E-state index contributed by atoms with van der Waals surface area (Å²) >= 11 is 0. The molecule has 1 N–H and O–H groups in total. The fourth-order valence-corrected chi connectivity index (χ4v) is 4.52. The lowest BCUT2D eigenvalue weighted by Gasteiger charge is -2.32. The lowest BCUT2D eigenvalue weighted by molar-refractivity contribution is -0.137. The molecule has 1 fully saturated rings. The van der Waals surface area contributed by atoms with Gasteiger partial charge in [-0.3, -0.25) is 4.79 Å². The van der Waals surface area contributed by atoms with E-state index in [2.05, 4.69) is 37.1 Å². The first-order valence-electron chi connectivity index (χ1n) is 12.7. The number of hydrogen-bond donors (Lipinski definition) is 1. The maximum absolute atomic E-state index is 13.3. The van der Waals surface area contributed by atoms with Gasteiger partial charge in [-0.15, -0.1) is 0 Å². The minimum atomic E-state index is -4.57. The zero-order valence-corrected chi connectivity index (χ0v) is 22.3. The number of nitrogens with one attached hydrogen (secondary N) is 1. The number of rotatable bonds is 7. The van der Waals surface area contributed by atoms with Crippen molar-refractivity contribution in [1.29, 1.82) is 0 Å². The zero-order chi connectivity index (χ0) is 28.4. The zero-order valence-electron chi connectivity index (χ0n) is 22.3. The molecular weight excluding hydrogens is 523 g/mol. The molecule has 0 amide bonds. The lowest BCUT2D eigenvalue weighted by Crippen LogP contribution is -2.45. The Morgan fingerprint density at radius 1 is 1.05 bits per heavy atom. The Morgan fingerprint density at radius 2 is 1.82 bits per heavy atom. The van der Waals surface area contributed by atoms with Crippen LogP contribution in [0.25, 0.3) is 11.0 Å². The van der Waals surface area contributed by atoms with Gasteiger partial charge >= 0.3 is 6.18 Å². The van der Waals surface area contributed by atoms with Crippen LogP contribution in [0.15, 0.2) is 48.9 Å². The van der Waals surface area contributed by atoms with E-state index in [1.54, 1.807) is 18.3 Å². The van der Waals surface area contributed by atoms with Gasteiger partial charge < -0.3 is 19.9 Å². The summed E-state index contributed by atoms with van der Waals surface area (Å²) in [5.41, 5.74) is 2.29. The van der Waals surface area contributed by atoms with Crippen molar-refractivity contribution in [3.63, 3.8) is 0 Å². The van der Waals surface area contributed by atoms with Crippen molar-refractivity contribution < 1.29 is 22.7 Å². The van der Waals surface area contributed by atoms with Gasteiger partial charge in [-0.05, 0) is 49.4 Å². The molecule has 0 bridgehead atoms. The Labute approximate surface area is 229 Å². The van der Waals surface area contributed by atoms with E-state index >= 15 is 0 Å². The molecule has 0 radical (unpaired) electrons. The van der Waals surface area contributed by atoms with E-state index in [1.807, 2.05) is 13.0 Å². The summed E-state index contributed by atoms with van der Waals surface area (Å²) in [6.45, 7) is 5.34. The van der Waals surface area contributed by atoms with Crippen LogP contribution in [0.4, 0.5) is 30.6 Å². The lowest BCUT2D eigenvalue weighted by atomic mass is 9.98. The van der Waals surface area contributed by atoms with Gasteiger partial charge in [0.15, 0.2) is 11.6 Å². The van der Waals surface area contributed by atoms with Gasteiger partial charge in [0.1, 0.15) is 23.1 Å². The van der Waals surface area contributed by atoms with Crippen molar-refractivity contribution >= 4 is 34.3 Å². The van der Waals surface area contributed by atoms with Crippen LogP contribution < -0.4 is 15.0 Å². The number of Topliss-reactive ketones (excluding diaryl/α,β-unsaturated/α-hetero) is 1. The monoisotopic (exact) mass is 551 g/mol. The number of hydrogen-bond acceptors (Lipinski definition) is 9. The molecule has 1 aliphatic rings. The van der Waals surface area contributed by atoms with Crippen LogP contribution in [0.3, 0.4) is 0 Å². The van der Waals surface area contributed by atoms with Gasteiger partial charge in [0.25, 0.3) is 0 Å². The highest BCUT2D eigenvalue weighted by Crippen LogP contribution is 2.33. The van der Waals surface area contributed by atoms with Crippen LogP contribution in [0.2, 0.25) is 0 Å². The van der Waals surface area contributed by atoms with E-state index in [4.69, 9.17) is 9.72 Å². The number of carbonyl (C=O) groups excluding carboxylic acids is 1. The van der Waals surface area contributed by atoms with E-state index in [9.17, 15) is 18.0 Å². The predicted molar refractivity (Wildman–Crippen MR) is 145 cm³/mol. The number of aryl methyl sites for hydroxylation is 1. The molecular formula is C28H28F3N7O2. The standard InChI is InChI=1S/C28H28F3N7O2/c1-17-4-5-18(13-23(39)20-14-19(28(29,30)31)6-7-24(20)40-3)12-21(17)35-26-25-22(33-16-34-26)15-32-27(36-25)38-10-8-37(2)9-11-38/h4-7,12,14-16H,8-11,13H2,1-3H3,(H,33,34,35). The SMILES string of the molecule is COc1ccc(C(F)(F)F)cc1C(=O)Cc1ccc(C)c(Nc2ncnc3cnc(N4CCN(C)CC4)nc23)c1. The normalized spacial score (nSPS) is 14.4. The van der Waals surface area contributed by atoms with E-state index in [1.165, 1.54) is 13.4 Å². The number of ether oxygens (including phenoxy) is 1. The second-order valence-electron chi connectivity index (χ2n) is 9.70. The van der Waals surface area contributed by atoms with Gasteiger partial charge in [-0.1, -0.05) is 12.1 Å². The van der Waals surface area contributed by atoms with Gasteiger partial charge in [-0.25, -0.2) is 19.9 Å². The minimum absolute atomic E-state index is 0.0896. The van der Waals surface area contributed by atoms with E-state index in [0.29, 0.717) is 34.1 Å². The first kappa shape index (κ1) is 27.3. The van der Waals surface area contributed by atoms with Crippen molar-refractivity contribution in [1.82, 2.24) is 24.8 Å². The maximum Gasteiger partial charge on any atom is 0.416 e. The van der Waals surface area contributed by atoms with Crippen LogP contribution in [0, 0.1) is 6.92 Å². The third-order valence-electron chi connectivity index (χ3n) is 6.90. The van der Waals surface area contributed by atoms with Crippen LogP contribution >= 0.6 is 0 Å². The number of carbonyl (C=O) groups is 1. The van der Waals surface area contributed by atoms with E-state index < -0.39 is 17.5 Å². The number of ketones is 1. The number of piperazine rings is 1. The summed E-state index contributed by atoms with van der Waals surface area (Å²) < 4.78 is 45.0. The van der Waals surface area contributed by atoms with E-state index in [-0.39, 0.29) is 17.7 Å². The van der Waals surface area contributed by atoms with Gasteiger partial charge in [0.2, 0.25) is 5.95 Å². The summed E-state index contributed by atoms with van der Waals surface area (Å²) in [6, 6.07) is 8.28. The molecule has 208 valence electrons. The topological polar surface area (TPSA) is 96.4 Å². The fourth-order valence-electron chi connectivity index (χ4n) is 4.52. The average molecular weight is 552 g/mol.